The van der Waals surface area contributed by atoms with Gasteiger partial charge in [-0.3, -0.25) is 9.59 Å². The van der Waals surface area contributed by atoms with Crippen molar-refractivity contribution in [2.45, 2.75) is 30.3 Å². The number of carbonyl (C=O) groups is 2. The van der Waals surface area contributed by atoms with E-state index in [1.54, 1.807) is 0 Å². The third-order valence-corrected chi connectivity index (χ3v) is 4.25. The number of hydrogen-bond acceptors (Lipinski definition) is 8. The molecule has 0 aromatic heterocycles. The Labute approximate surface area is 140 Å². The van der Waals surface area contributed by atoms with E-state index in [1.165, 1.54) is 24.3 Å². The quantitative estimate of drug-likeness (QED) is 0.227. The molecule has 25 heavy (non-hydrogen) atoms. The van der Waals surface area contributed by atoms with Crippen LogP contribution in [0, 0.1) is 0 Å². The summed E-state index contributed by atoms with van der Waals surface area (Å²) in [6, 6.07) is 5.76. The van der Waals surface area contributed by atoms with Crippen molar-refractivity contribution in [2.75, 3.05) is 6.61 Å². The van der Waals surface area contributed by atoms with Crippen LogP contribution in [-0.2, 0) is 4.74 Å². The van der Waals surface area contributed by atoms with E-state index < -0.39 is 48.7 Å². The van der Waals surface area contributed by atoms with Crippen LogP contribution in [0.5, 0.6) is 0 Å². The standard InChI is InChI=1S/C14H14N4O7/c15-17-16-14(11(22)10(21)9(20)8(5-19)25-14)18-12(23)6-3-1-2-4-7(6)13(18)24/h1-4,8-11,19-22H,5H2/t8-,9-,10+,11-,14-/m1/s1. The van der Waals surface area contributed by atoms with Gasteiger partial charge in [-0.15, -0.1) is 0 Å². The maximum Gasteiger partial charge on any atom is 0.264 e. The first-order valence-corrected chi connectivity index (χ1v) is 7.26. The molecule has 0 unspecified atom stereocenters. The van der Waals surface area contributed by atoms with Crippen LogP contribution in [0.3, 0.4) is 0 Å². The molecule has 1 saturated heterocycles. The third kappa shape index (κ3) is 2.30. The van der Waals surface area contributed by atoms with Gasteiger partial charge in [0.15, 0.2) is 0 Å². The van der Waals surface area contributed by atoms with E-state index in [1.807, 2.05) is 0 Å². The van der Waals surface area contributed by atoms with E-state index in [9.17, 15) is 30.0 Å². The molecule has 5 atom stereocenters. The molecule has 1 fully saturated rings. The van der Waals surface area contributed by atoms with Crippen molar-refractivity contribution >= 4 is 11.8 Å². The molecule has 0 saturated carbocycles. The zero-order chi connectivity index (χ0) is 18.4. The fourth-order valence-electron chi connectivity index (χ4n) is 2.99. The molecule has 0 aliphatic carbocycles. The largest absolute Gasteiger partial charge is 0.394 e. The van der Waals surface area contributed by atoms with Crippen LogP contribution in [0.4, 0.5) is 0 Å². The summed E-state index contributed by atoms with van der Waals surface area (Å²) in [5.41, 5.74) is 8.87. The Morgan fingerprint density at radius 1 is 1.16 bits per heavy atom. The lowest BCUT2D eigenvalue weighted by molar-refractivity contribution is -0.300. The number of imide groups is 1. The average Bonchev–Trinajstić information content (AvgIpc) is 2.88. The maximum atomic E-state index is 12.6. The Bertz CT molecular complexity index is 743. The molecular formula is C14H14N4O7. The van der Waals surface area contributed by atoms with Gasteiger partial charge >= 0.3 is 0 Å². The van der Waals surface area contributed by atoms with E-state index in [4.69, 9.17) is 10.3 Å². The molecule has 0 radical (unpaired) electrons. The second kappa shape index (κ2) is 6.08. The van der Waals surface area contributed by atoms with Crippen molar-refractivity contribution < 1.29 is 34.8 Å². The Kier molecular flexibility index (Phi) is 4.21. The first-order valence-electron chi connectivity index (χ1n) is 7.26. The molecule has 1 aromatic carbocycles. The molecule has 0 bridgehead atoms. The van der Waals surface area contributed by atoms with Gasteiger partial charge in [0.1, 0.15) is 24.4 Å². The van der Waals surface area contributed by atoms with Gasteiger partial charge in [0, 0.05) is 4.91 Å². The van der Waals surface area contributed by atoms with Crippen LogP contribution in [0.15, 0.2) is 29.4 Å². The summed E-state index contributed by atoms with van der Waals surface area (Å²) < 4.78 is 5.27. The van der Waals surface area contributed by atoms with Crippen molar-refractivity contribution in [1.29, 1.82) is 0 Å². The minimum atomic E-state index is -2.66. The third-order valence-electron chi connectivity index (χ3n) is 4.25. The summed E-state index contributed by atoms with van der Waals surface area (Å²) in [7, 11) is 0. The number of nitrogens with zero attached hydrogens (tertiary/aromatic N) is 4. The highest BCUT2D eigenvalue weighted by molar-refractivity contribution is 6.21. The number of carbonyl (C=O) groups excluding carboxylic acids is 2. The van der Waals surface area contributed by atoms with Gasteiger partial charge in [-0.05, 0) is 22.8 Å². The van der Waals surface area contributed by atoms with Crippen molar-refractivity contribution in [3.05, 3.63) is 45.8 Å². The van der Waals surface area contributed by atoms with Crippen molar-refractivity contribution in [3.63, 3.8) is 0 Å². The van der Waals surface area contributed by atoms with Gasteiger partial charge < -0.3 is 25.2 Å². The van der Waals surface area contributed by atoms with Gasteiger partial charge in [0.2, 0.25) is 0 Å². The first kappa shape index (κ1) is 17.3. The normalized spacial score (nSPS) is 34.6. The molecule has 2 aliphatic heterocycles. The molecule has 11 heteroatoms. The van der Waals surface area contributed by atoms with Crippen molar-refractivity contribution in [3.8, 4) is 0 Å². The zero-order valence-electron chi connectivity index (χ0n) is 12.6. The second-order valence-corrected chi connectivity index (χ2v) is 5.60. The Balaban J connectivity index is 2.15. The number of azide groups is 1. The molecule has 4 N–H and O–H groups in total. The van der Waals surface area contributed by atoms with Crippen molar-refractivity contribution in [2.24, 2.45) is 5.11 Å². The molecular weight excluding hydrogens is 336 g/mol. The van der Waals surface area contributed by atoms with Crippen LogP contribution >= 0.6 is 0 Å². The number of hydrogen-bond donors (Lipinski definition) is 4. The lowest BCUT2D eigenvalue weighted by Gasteiger charge is -2.48. The second-order valence-electron chi connectivity index (χ2n) is 5.60. The van der Waals surface area contributed by atoms with Crippen LogP contribution < -0.4 is 0 Å². The minimum absolute atomic E-state index is 0.00280. The fraction of sp³-hybridized carbons (Fsp3) is 0.429. The summed E-state index contributed by atoms with van der Waals surface area (Å²) in [5.74, 6) is -4.48. The molecule has 1 aromatic rings. The minimum Gasteiger partial charge on any atom is -0.394 e. The molecule has 3 rings (SSSR count). The predicted octanol–water partition coefficient (Wildman–Crippen LogP) is -1.28. The Hall–Kier alpha value is -2.53. The summed E-state index contributed by atoms with van der Waals surface area (Å²) >= 11 is 0. The lowest BCUT2D eigenvalue weighted by atomic mass is 9.94. The summed E-state index contributed by atoms with van der Waals surface area (Å²) in [6.07, 6.45) is -7.31. The van der Waals surface area contributed by atoms with Crippen molar-refractivity contribution in [1.82, 2.24) is 4.90 Å². The number of aliphatic hydroxyl groups excluding tert-OH is 4. The van der Waals surface area contributed by atoms with E-state index in [0.717, 1.165) is 0 Å². The van der Waals surface area contributed by atoms with E-state index in [2.05, 4.69) is 10.0 Å². The smallest absolute Gasteiger partial charge is 0.264 e. The molecule has 2 aliphatic rings. The number of rotatable bonds is 3. The highest BCUT2D eigenvalue weighted by atomic mass is 16.6. The highest BCUT2D eigenvalue weighted by Crippen LogP contribution is 2.39. The highest BCUT2D eigenvalue weighted by Gasteiger charge is 2.61. The molecule has 2 heterocycles. The van der Waals surface area contributed by atoms with Crippen LogP contribution in [0.2, 0.25) is 0 Å². The molecule has 132 valence electrons. The first-order chi connectivity index (χ1) is 11.9. The topological polar surface area (TPSA) is 176 Å². The van der Waals surface area contributed by atoms with Gasteiger partial charge in [-0.2, -0.15) is 0 Å². The van der Waals surface area contributed by atoms with Crippen LogP contribution in [0.25, 0.3) is 10.4 Å². The predicted molar refractivity (Wildman–Crippen MR) is 78.8 cm³/mol. The molecule has 0 spiro atoms. The zero-order valence-corrected chi connectivity index (χ0v) is 12.6. The molecule has 2 amide bonds. The lowest BCUT2D eigenvalue weighted by Crippen LogP contribution is -2.71. The van der Waals surface area contributed by atoms with Gasteiger partial charge in [0.25, 0.3) is 17.7 Å². The monoisotopic (exact) mass is 350 g/mol. The van der Waals surface area contributed by atoms with Gasteiger partial charge in [-0.25, -0.2) is 4.90 Å². The van der Waals surface area contributed by atoms with E-state index in [-0.39, 0.29) is 11.1 Å². The Morgan fingerprint density at radius 2 is 1.72 bits per heavy atom. The summed E-state index contributed by atoms with van der Waals surface area (Å²) in [4.78, 5) is 28.2. The van der Waals surface area contributed by atoms with Gasteiger partial charge in [0.05, 0.1) is 17.7 Å². The number of aliphatic hydroxyl groups is 4. The number of benzene rings is 1. The summed E-state index contributed by atoms with van der Waals surface area (Å²) in [6.45, 7) is -0.823. The Morgan fingerprint density at radius 3 is 2.20 bits per heavy atom. The summed E-state index contributed by atoms with van der Waals surface area (Å²) in [5, 5.41) is 42.8. The maximum absolute atomic E-state index is 12.6. The fourth-order valence-corrected chi connectivity index (χ4v) is 2.99. The number of amides is 2. The van der Waals surface area contributed by atoms with Crippen LogP contribution in [-0.4, -0.2) is 74.0 Å². The molecule has 11 nitrogen and oxygen atoms in total. The van der Waals surface area contributed by atoms with E-state index in [0.29, 0.717) is 4.90 Å². The van der Waals surface area contributed by atoms with Crippen LogP contribution in [0.1, 0.15) is 20.7 Å². The van der Waals surface area contributed by atoms with E-state index >= 15 is 0 Å². The number of fused-ring (bicyclic) bond motifs is 1. The SMILES string of the molecule is [N-]=[N+]=N[C@]1(N2C(=O)c3ccccc3C2=O)O[C@H](CO)[C@@H](O)[C@H](O)[C@H]1O. The average molecular weight is 350 g/mol. The van der Waals surface area contributed by atoms with Gasteiger partial charge in [-0.1, -0.05) is 12.1 Å². The number of ether oxygens (including phenoxy) is 1.